The quantitative estimate of drug-likeness (QED) is 0.456. The Balaban J connectivity index is 2.16. The first-order valence-electron chi connectivity index (χ1n) is 9.13. The third-order valence-corrected chi connectivity index (χ3v) is 4.40. The van der Waals surface area contributed by atoms with E-state index in [1.807, 2.05) is 30.3 Å². The lowest BCUT2D eigenvalue weighted by Gasteiger charge is -2.20. The highest BCUT2D eigenvalue weighted by Crippen LogP contribution is 2.29. The number of benzene rings is 1. The monoisotopic (exact) mass is 415 g/mol. The van der Waals surface area contributed by atoms with Gasteiger partial charge < -0.3 is 9.47 Å². The lowest BCUT2D eigenvalue weighted by molar-refractivity contribution is -0.140. The first-order valence-corrected chi connectivity index (χ1v) is 9.51. The fraction of sp³-hybridized carbons (Fsp3) is 0.333. The summed E-state index contributed by atoms with van der Waals surface area (Å²) in [4.78, 5) is 33.5. The molecule has 2 aromatic heterocycles. The maximum atomic E-state index is 13.0. The van der Waals surface area contributed by atoms with Crippen LogP contribution in [-0.4, -0.2) is 39.3 Å². The summed E-state index contributed by atoms with van der Waals surface area (Å²) in [6.45, 7) is 5.34. The third-order valence-electron chi connectivity index (χ3n) is 4.11. The molecule has 0 bridgehead atoms. The first-order chi connectivity index (χ1) is 13.7. The van der Waals surface area contributed by atoms with Gasteiger partial charge >= 0.3 is 12.1 Å². The number of ether oxygens (including phenoxy) is 2. The summed E-state index contributed by atoms with van der Waals surface area (Å²) in [5.41, 5.74) is 0.940. The van der Waals surface area contributed by atoms with Crippen molar-refractivity contribution in [3.05, 3.63) is 47.2 Å². The molecule has 7 nitrogen and oxygen atoms in total. The van der Waals surface area contributed by atoms with Crippen LogP contribution in [0.5, 0.6) is 0 Å². The van der Waals surface area contributed by atoms with E-state index >= 15 is 0 Å². The Bertz CT molecular complexity index is 1060. The van der Waals surface area contributed by atoms with Crippen LogP contribution in [0.25, 0.3) is 22.4 Å². The summed E-state index contributed by atoms with van der Waals surface area (Å²) in [6, 6.07) is 11.0. The summed E-state index contributed by atoms with van der Waals surface area (Å²) >= 11 is 6.42. The molecule has 0 unspecified atom stereocenters. The van der Waals surface area contributed by atoms with E-state index in [2.05, 4.69) is 9.97 Å². The van der Waals surface area contributed by atoms with Gasteiger partial charge in [-0.3, -0.25) is 4.79 Å². The Hall–Kier alpha value is -2.93. The van der Waals surface area contributed by atoms with Crippen LogP contribution in [0, 0.1) is 0 Å². The zero-order valence-electron chi connectivity index (χ0n) is 16.7. The van der Waals surface area contributed by atoms with E-state index in [1.165, 1.54) is 11.7 Å². The van der Waals surface area contributed by atoms with Gasteiger partial charge in [0.2, 0.25) is 0 Å². The number of aromatic nitrogens is 3. The smallest absolute Gasteiger partial charge is 0.420 e. The maximum Gasteiger partial charge on any atom is 0.420 e. The lowest BCUT2D eigenvalue weighted by atomic mass is 10.2. The molecule has 0 N–H and O–H groups in total. The molecule has 3 rings (SSSR count). The van der Waals surface area contributed by atoms with Crippen molar-refractivity contribution in [2.45, 2.75) is 39.2 Å². The Labute approximate surface area is 173 Å². The van der Waals surface area contributed by atoms with Crippen molar-refractivity contribution >= 4 is 34.7 Å². The van der Waals surface area contributed by atoms with E-state index < -0.39 is 11.7 Å². The van der Waals surface area contributed by atoms with E-state index in [9.17, 15) is 9.59 Å². The first kappa shape index (κ1) is 20.8. The minimum atomic E-state index is -0.702. The number of hydrogen-bond donors (Lipinski definition) is 0. The molecular formula is C21H22ClN3O4. The van der Waals surface area contributed by atoms with Gasteiger partial charge in [0, 0.05) is 11.3 Å². The predicted molar refractivity (Wildman–Crippen MR) is 110 cm³/mol. The van der Waals surface area contributed by atoms with E-state index in [-0.39, 0.29) is 24.0 Å². The van der Waals surface area contributed by atoms with Gasteiger partial charge in [0.15, 0.2) is 11.5 Å². The van der Waals surface area contributed by atoms with Crippen molar-refractivity contribution in [3.8, 4) is 11.4 Å². The fourth-order valence-corrected chi connectivity index (χ4v) is 3.06. The molecular weight excluding hydrogens is 394 g/mol. The van der Waals surface area contributed by atoms with Gasteiger partial charge in [0.25, 0.3) is 0 Å². The topological polar surface area (TPSA) is 83.3 Å². The second kappa shape index (κ2) is 8.21. The Kier molecular flexibility index (Phi) is 5.88. The highest BCUT2D eigenvalue weighted by Gasteiger charge is 2.25. The van der Waals surface area contributed by atoms with Crippen molar-refractivity contribution < 1.29 is 19.1 Å². The molecule has 0 aliphatic carbocycles. The number of nitrogens with zero attached hydrogens (tertiary/aromatic N) is 3. The van der Waals surface area contributed by atoms with E-state index in [4.69, 9.17) is 21.1 Å². The molecule has 3 aromatic rings. The number of halogens is 1. The number of methoxy groups -OCH3 is 1. The second-order valence-corrected chi connectivity index (χ2v) is 7.83. The molecule has 0 saturated carbocycles. The molecule has 0 saturated heterocycles. The standard InChI is InChI=1S/C21H22ClN3O4/c1-21(2,3)29-20(27)25-14(10-11-16(26)28-4)12-15-17(22)23-18(24-19(15)25)13-8-6-5-7-9-13/h5-9,12H,10-11H2,1-4H3. The van der Waals surface area contributed by atoms with Gasteiger partial charge in [-0.25, -0.2) is 19.3 Å². The predicted octanol–water partition coefficient (Wildman–Crippen LogP) is 4.64. The summed E-state index contributed by atoms with van der Waals surface area (Å²) in [5.74, 6) is 0.0127. The number of fused-ring (bicyclic) bond motifs is 1. The summed E-state index contributed by atoms with van der Waals surface area (Å²) in [5, 5.41) is 0.729. The van der Waals surface area contributed by atoms with Crippen LogP contribution >= 0.6 is 11.6 Å². The van der Waals surface area contributed by atoms with Crippen molar-refractivity contribution in [1.82, 2.24) is 14.5 Å². The zero-order chi connectivity index (χ0) is 21.2. The average molecular weight is 416 g/mol. The SMILES string of the molecule is COC(=O)CCc1cc2c(Cl)nc(-c3ccccc3)nc2n1C(=O)OC(C)(C)C. The number of rotatable bonds is 4. The minimum absolute atomic E-state index is 0.103. The fourth-order valence-electron chi connectivity index (χ4n) is 2.84. The summed E-state index contributed by atoms with van der Waals surface area (Å²) in [6.07, 6.45) is -0.230. The molecule has 0 spiro atoms. The van der Waals surface area contributed by atoms with Crippen LogP contribution in [0.1, 0.15) is 32.9 Å². The summed E-state index contributed by atoms with van der Waals surface area (Å²) < 4.78 is 11.6. The average Bonchev–Trinajstić information content (AvgIpc) is 3.04. The number of carbonyl (C=O) groups excluding carboxylic acids is 2. The number of hydrogen-bond acceptors (Lipinski definition) is 6. The molecule has 0 fully saturated rings. The van der Waals surface area contributed by atoms with Gasteiger partial charge in [-0.15, -0.1) is 0 Å². The van der Waals surface area contributed by atoms with Gasteiger partial charge in [-0.2, -0.15) is 0 Å². The van der Waals surface area contributed by atoms with Crippen molar-refractivity contribution in [1.29, 1.82) is 0 Å². The highest BCUT2D eigenvalue weighted by molar-refractivity contribution is 6.34. The largest absolute Gasteiger partial charge is 0.469 e. The highest BCUT2D eigenvalue weighted by atomic mass is 35.5. The van der Waals surface area contributed by atoms with Gasteiger partial charge in [0.05, 0.1) is 18.9 Å². The van der Waals surface area contributed by atoms with Crippen molar-refractivity contribution in [2.75, 3.05) is 7.11 Å². The molecule has 0 aliphatic heterocycles. The van der Waals surface area contributed by atoms with Gasteiger partial charge in [-0.1, -0.05) is 41.9 Å². The molecule has 2 heterocycles. The van der Waals surface area contributed by atoms with E-state index in [0.717, 1.165) is 5.56 Å². The third kappa shape index (κ3) is 4.74. The van der Waals surface area contributed by atoms with Crippen LogP contribution in [0.4, 0.5) is 4.79 Å². The molecule has 152 valence electrons. The maximum absolute atomic E-state index is 13.0. The number of esters is 1. The van der Waals surface area contributed by atoms with E-state index in [0.29, 0.717) is 22.6 Å². The molecule has 29 heavy (non-hydrogen) atoms. The van der Waals surface area contributed by atoms with Crippen molar-refractivity contribution in [2.24, 2.45) is 0 Å². The van der Waals surface area contributed by atoms with Crippen LogP contribution in [0.3, 0.4) is 0 Å². The summed E-state index contributed by atoms with van der Waals surface area (Å²) in [7, 11) is 1.32. The lowest BCUT2D eigenvalue weighted by Crippen LogP contribution is -2.28. The van der Waals surface area contributed by atoms with E-state index in [1.54, 1.807) is 26.8 Å². The van der Waals surface area contributed by atoms with Crippen LogP contribution in [0.2, 0.25) is 5.15 Å². The molecule has 0 radical (unpaired) electrons. The zero-order valence-corrected chi connectivity index (χ0v) is 17.5. The molecule has 0 atom stereocenters. The van der Waals surface area contributed by atoms with Crippen molar-refractivity contribution in [3.63, 3.8) is 0 Å². The molecule has 0 aliphatic rings. The van der Waals surface area contributed by atoms with Crippen LogP contribution in [0.15, 0.2) is 36.4 Å². The normalized spacial score (nSPS) is 11.5. The minimum Gasteiger partial charge on any atom is -0.469 e. The number of aryl methyl sites for hydroxylation is 1. The van der Waals surface area contributed by atoms with Gasteiger partial charge in [0.1, 0.15) is 10.8 Å². The molecule has 1 aromatic carbocycles. The van der Waals surface area contributed by atoms with Crippen LogP contribution in [-0.2, 0) is 20.7 Å². The second-order valence-electron chi connectivity index (χ2n) is 7.47. The molecule has 8 heteroatoms. The Morgan fingerprint density at radius 1 is 1.14 bits per heavy atom. The number of carbonyl (C=O) groups is 2. The van der Waals surface area contributed by atoms with Crippen LogP contribution < -0.4 is 0 Å². The van der Waals surface area contributed by atoms with Gasteiger partial charge in [-0.05, 0) is 33.3 Å². The Morgan fingerprint density at radius 3 is 2.45 bits per heavy atom. The molecule has 0 amide bonds. The Morgan fingerprint density at radius 2 is 1.83 bits per heavy atom.